The molecule has 0 aliphatic carbocycles. The average Bonchev–Trinajstić information content (AvgIpc) is 3.16. The summed E-state index contributed by atoms with van der Waals surface area (Å²) in [5.41, 5.74) is 2.02. The number of ether oxygens (including phenoxy) is 1. The molecule has 0 bridgehead atoms. The summed E-state index contributed by atoms with van der Waals surface area (Å²) in [5, 5.41) is 8.26. The van der Waals surface area contributed by atoms with Crippen LogP contribution >= 0.6 is 11.6 Å². The number of hydrogen-bond acceptors (Lipinski definition) is 6. The van der Waals surface area contributed by atoms with Gasteiger partial charge >= 0.3 is 0 Å². The van der Waals surface area contributed by atoms with Crippen LogP contribution in [0.4, 0.5) is 0 Å². The molecule has 3 aromatic rings. The highest BCUT2D eigenvalue weighted by atomic mass is 35.5. The van der Waals surface area contributed by atoms with Crippen LogP contribution in [0.5, 0.6) is 5.75 Å². The fraction of sp³-hybridized carbons (Fsp3) is 0.333. The highest BCUT2D eigenvalue weighted by Gasteiger charge is 2.25. The van der Waals surface area contributed by atoms with Gasteiger partial charge in [0, 0.05) is 30.2 Å². The third-order valence-corrected chi connectivity index (χ3v) is 5.27. The highest BCUT2D eigenvalue weighted by molar-refractivity contribution is 6.31. The first-order valence-corrected chi connectivity index (χ1v) is 9.75. The van der Waals surface area contributed by atoms with Gasteiger partial charge in [0.15, 0.2) is 5.82 Å². The fourth-order valence-electron chi connectivity index (χ4n) is 3.27. The maximum atomic E-state index is 6.19. The smallest absolute Gasteiger partial charge is 0.231 e. The Balaban J connectivity index is 1.40. The Labute approximate surface area is 169 Å². The molecule has 2 heterocycles. The summed E-state index contributed by atoms with van der Waals surface area (Å²) in [4.78, 5) is 6.84. The predicted molar refractivity (Wildman–Crippen MR) is 108 cm³/mol. The molecule has 1 aromatic heterocycles. The van der Waals surface area contributed by atoms with Gasteiger partial charge in [0.1, 0.15) is 12.4 Å². The van der Waals surface area contributed by atoms with Crippen LogP contribution in [0.25, 0.3) is 0 Å². The van der Waals surface area contributed by atoms with E-state index in [1.807, 2.05) is 48.5 Å². The van der Waals surface area contributed by atoms with Crippen LogP contribution in [0.3, 0.4) is 0 Å². The van der Waals surface area contributed by atoms with Gasteiger partial charge in [-0.25, -0.2) is 0 Å². The van der Waals surface area contributed by atoms with E-state index in [9.17, 15) is 0 Å². The van der Waals surface area contributed by atoms with Gasteiger partial charge in [-0.2, -0.15) is 4.98 Å². The Kier molecular flexibility index (Phi) is 5.90. The van der Waals surface area contributed by atoms with E-state index in [0.717, 1.165) is 42.3 Å². The standard InChI is InChI=1S/C21H23ClN4O2/c1-26-10-9-23-13-19(26)21-24-20(28-25-21)12-15-5-4-7-17(11-15)27-14-16-6-2-3-8-18(16)22/h2-8,11,19,23H,9-10,12-14H2,1H3. The van der Waals surface area contributed by atoms with Crippen molar-refractivity contribution in [1.82, 2.24) is 20.4 Å². The lowest BCUT2D eigenvalue weighted by molar-refractivity contribution is 0.190. The second kappa shape index (κ2) is 8.73. The molecule has 7 heteroatoms. The van der Waals surface area contributed by atoms with Crippen molar-refractivity contribution in [3.8, 4) is 5.75 Å². The molecular weight excluding hydrogens is 376 g/mol. The average molecular weight is 399 g/mol. The first kappa shape index (κ1) is 18.9. The van der Waals surface area contributed by atoms with Crippen LogP contribution in [0.1, 0.15) is 28.9 Å². The second-order valence-electron chi connectivity index (χ2n) is 6.95. The molecule has 28 heavy (non-hydrogen) atoms. The van der Waals surface area contributed by atoms with E-state index in [1.54, 1.807) is 0 Å². The molecule has 1 atom stereocenters. The van der Waals surface area contributed by atoms with Crippen LogP contribution < -0.4 is 10.1 Å². The monoisotopic (exact) mass is 398 g/mol. The van der Waals surface area contributed by atoms with Gasteiger partial charge in [0.2, 0.25) is 5.89 Å². The van der Waals surface area contributed by atoms with E-state index >= 15 is 0 Å². The molecule has 4 rings (SSSR count). The zero-order valence-electron chi connectivity index (χ0n) is 15.8. The van der Waals surface area contributed by atoms with E-state index < -0.39 is 0 Å². The van der Waals surface area contributed by atoms with Gasteiger partial charge < -0.3 is 14.6 Å². The summed E-state index contributed by atoms with van der Waals surface area (Å²) in [6.45, 7) is 3.22. The number of hydrogen-bond donors (Lipinski definition) is 1. The van der Waals surface area contributed by atoms with Crippen LogP contribution in [-0.2, 0) is 13.0 Å². The minimum absolute atomic E-state index is 0.150. The van der Waals surface area contributed by atoms with Crippen molar-refractivity contribution in [2.75, 3.05) is 26.7 Å². The molecule has 0 radical (unpaired) electrons. The molecule has 1 aliphatic heterocycles. The first-order valence-electron chi connectivity index (χ1n) is 9.37. The second-order valence-corrected chi connectivity index (χ2v) is 7.36. The van der Waals surface area contributed by atoms with Crippen molar-refractivity contribution in [3.05, 3.63) is 76.4 Å². The maximum absolute atomic E-state index is 6.19. The van der Waals surface area contributed by atoms with Crippen molar-refractivity contribution in [2.24, 2.45) is 0 Å². The van der Waals surface area contributed by atoms with E-state index in [-0.39, 0.29) is 6.04 Å². The molecule has 0 saturated carbocycles. The Morgan fingerprint density at radius 2 is 2.14 bits per heavy atom. The molecule has 1 fully saturated rings. The number of likely N-dealkylation sites (N-methyl/N-ethyl adjacent to an activating group) is 1. The molecule has 1 unspecified atom stereocenters. The van der Waals surface area contributed by atoms with Gasteiger partial charge in [-0.3, -0.25) is 4.90 Å². The first-order chi connectivity index (χ1) is 13.7. The zero-order chi connectivity index (χ0) is 19.3. The summed E-state index contributed by atoms with van der Waals surface area (Å²) in [5.74, 6) is 2.13. The molecule has 2 aromatic carbocycles. The van der Waals surface area contributed by atoms with Crippen molar-refractivity contribution >= 4 is 11.6 Å². The lowest BCUT2D eigenvalue weighted by Crippen LogP contribution is -2.44. The van der Waals surface area contributed by atoms with E-state index in [0.29, 0.717) is 23.9 Å². The minimum Gasteiger partial charge on any atom is -0.489 e. The fourth-order valence-corrected chi connectivity index (χ4v) is 3.46. The van der Waals surface area contributed by atoms with Crippen molar-refractivity contribution in [2.45, 2.75) is 19.1 Å². The van der Waals surface area contributed by atoms with Gasteiger partial charge in [0.25, 0.3) is 0 Å². The topological polar surface area (TPSA) is 63.4 Å². The third-order valence-electron chi connectivity index (χ3n) is 4.90. The third kappa shape index (κ3) is 4.52. The lowest BCUT2D eigenvalue weighted by Gasteiger charge is -2.30. The molecule has 146 valence electrons. The lowest BCUT2D eigenvalue weighted by atomic mass is 10.1. The molecule has 6 nitrogen and oxygen atoms in total. The van der Waals surface area contributed by atoms with Crippen molar-refractivity contribution < 1.29 is 9.26 Å². The van der Waals surface area contributed by atoms with Gasteiger partial charge in [-0.05, 0) is 30.8 Å². The Morgan fingerprint density at radius 3 is 3.00 bits per heavy atom. The number of nitrogens with one attached hydrogen (secondary N) is 1. The quantitative estimate of drug-likeness (QED) is 0.686. The molecule has 1 N–H and O–H groups in total. The summed E-state index contributed by atoms with van der Waals surface area (Å²) in [6.07, 6.45) is 0.570. The normalized spacial score (nSPS) is 17.6. The Morgan fingerprint density at radius 1 is 1.25 bits per heavy atom. The van der Waals surface area contributed by atoms with Crippen LogP contribution in [0, 0.1) is 0 Å². The molecule has 1 aliphatic rings. The maximum Gasteiger partial charge on any atom is 0.231 e. The van der Waals surface area contributed by atoms with Gasteiger partial charge in [0.05, 0.1) is 12.5 Å². The minimum atomic E-state index is 0.150. The van der Waals surface area contributed by atoms with Crippen molar-refractivity contribution in [1.29, 1.82) is 0 Å². The van der Waals surface area contributed by atoms with E-state index in [2.05, 4.69) is 27.4 Å². The molecule has 1 saturated heterocycles. The SMILES string of the molecule is CN1CCNCC1c1noc(Cc2cccc(OCc3ccccc3Cl)c2)n1. The summed E-state index contributed by atoms with van der Waals surface area (Å²) in [6, 6.07) is 15.8. The van der Waals surface area contributed by atoms with E-state index in [1.165, 1.54) is 0 Å². The number of rotatable bonds is 6. The molecular formula is C21H23ClN4O2. The van der Waals surface area contributed by atoms with Gasteiger partial charge in [-0.1, -0.05) is 47.1 Å². The highest BCUT2D eigenvalue weighted by Crippen LogP contribution is 2.22. The van der Waals surface area contributed by atoms with Crippen LogP contribution in [-0.4, -0.2) is 41.7 Å². The van der Waals surface area contributed by atoms with E-state index in [4.69, 9.17) is 20.9 Å². The number of piperazine rings is 1. The van der Waals surface area contributed by atoms with Crippen LogP contribution in [0.2, 0.25) is 5.02 Å². The summed E-state index contributed by atoms with van der Waals surface area (Å²) >= 11 is 6.19. The Hall–Kier alpha value is -2.41. The summed E-state index contributed by atoms with van der Waals surface area (Å²) < 4.78 is 11.4. The Bertz CT molecular complexity index is 930. The zero-order valence-corrected chi connectivity index (χ0v) is 16.5. The number of aromatic nitrogens is 2. The summed E-state index contributed by atoms with van der Waals surface area (Å²) in [7, 11) is 2.08. The largest absolute Gasteiger partial charge is 0.489 e. The predicted octanol–water partition coefficient (Wildman–Crippen LogP) is 3.47. The number of nitrogens with zero attached hydrogens (tertiary/aromatic N) is 3. The van der Waals surface area contributed by atoms with Crippen molar-refractivity contribution in [3.63, 3.8) is 0 Å². The number of benzene rings is 2. The molecule has 0 spiro atoms. The van der Waals surface area contributed by atoms with Gasteiger partial charge in [-0.15, -0.1) is 0 Å². The van der Waals surface area contributed by atoms with Crippen LogP contribution in [0.15, 0.2) is 53.1 Å². The number of halogens is 1. The molecule has 0 amide bonds.